The molecular weight excluding hydrogens is 544 g/mol. The van der Waals surface area contributed by atoms with Gasteiger partial charge in [0, 0.05) is 31.0 Å². The van der Waals surface area contributed by atoms with E-state index < -0.39 is 35.1 Å². The molecule has 3 saturated heterocycles. The number of rotatable bonds is 12. The molecule has 7 atom stereocenters. The maximum Gasteiger partial charge on any atom is 0.250 e. The molecule has 232 valence electrons. The SMILES string of the molecule is CCCNC(=O)[C@H]1[C@H]2C(=O)N([C@@H](CO)Cc3ccccc3)C(C(=O)Nc3ccc(N(CC)CC)cc3)C23CC(C)[C@]1(C)O3. The number of anilines is 2. The number of amides is 3. The van der Waals surface area contributed by atoms with E-state index in [1.807, 2.05) is 75.4 Å². The number of aliphatic hydroxyl groups is 1. The maximum absolute atomic E-state index is 14.5. The van der Waals surface area contributed by atoms with Gasteiger partial charge in [0.1, 0.15) is 11.6 Å². The van der Waals surface area contributed by atoms with Crippen LogP contribution in [-0.4, -0.2) is 77.3 Å². The van der Waals surface area contributed by atoms with Crippen LogP contribution < -0.4 is 15.5 Å². The minimum atomic E-state index is -1.19. The van der Waals surface area contributed by atoms with Gasteiger partial charge in [-0.05, 0) is 75.8 Å². The number of carbonyl (C=O) groups is 3. The van der Waals surface area contributed by atoms with Crippen molar-refractivity contribution in [3.8, 4) is 0 Å². The van der Waals surface area contributed by atoms with Crippen LogP contribution in [0.5, 0.6) is 0 Å². The molecule has 9 heteroatoms. The lowest BCUT2D eigenvalue weighted by Gasteiger charge is -2.37. The Labute approximate surface area is 255 Å². The normalized spacial score (nSPS) is 29.8. The first-order valence-electron chi connectivity index (χ1n) is 15.8. The number of benzene rings is 2. The van der Waals surface area contributed by atoms with Crippen LogP contribution in [0.25, 0.3) is 0 Å². The number of hydrogen-bond acceptors (Lipinski definition) is 6. The summed E-state index contributed by atoms with van der Waals surface area (Å²) in [5.74, 6) is -2.51. The summed E-state index contributed by atoms with van der Waals surface area (Å²) in [6.07, 6.45) is 1.60. The first kappa shape index (κ1) is 31.0. The second-order valence-corrected chi connectivity index (χ2v) is 12.5. The molecule has 0 aliphatic carbocycles. The third-order valence-electron chi connectivity index (χ3n) is 10.0. The summed E-state index contributed by atoms with van der Waals surface area (Å²) in [5, 5.41) is 16.7. The molecule has 3 aliphatic heterocycles. The largest absolute Gasteiger partial charge is 0.394 e. The summed E-state index contributed by atoms with van der Waals surface area (Å²) in [7, 11) is 0. The summed E-state index contributed by atoms with van der Waals surface area (Å²) in [4.78, 5) is 46.3. The fourth-order valence-corrected chi connectivity index (χ4v) is 7.82. The van der Waals surface area contributed by atoms with Gasteiger partial charge < -0.3 is 30.3 Å². The zero-order valence-corrected chi connectivity index (χ0v) is 26.0. The lowest BCUT2D eigenvalue weighted by molar-refractivity contribution is -0.149. The monoisotopic (exact) mass is 590 g/mol. The van der Waals surface area contributed by atoms with E-state index in [1.165, 1.54) is 4.90 Å². The number of nitrogens with one attached hydrogen (secondary N) is 2. The summed E-state index contributed by atoms with van der Waals surface area (Å²) in [6.45, 7) is 12.0. The molecule has 2 bridgehead atoms. The van der Waals surface area contributed by atoms with Crippen molar-refractivity contribution in [2.45, 2.75) is 77.2 Å². The van der Waals surface area contributed by atoms with Crippen molar-refractivity contribution in [3.63, 3.8) is 0 Å². The number of carbonyl (C=O) groups excluding carboxylic acids is 3. The molecule has 3 fully saturated rings. The van der Waals surface area contributed by atoms with Crippen LogP contribution >= 0.6 is 0 Å². The van der Waals surface area contributed by atoms with Crippen molar-refractivity contribution in [1.29, 1.82) is 0 Å². The Kier molecular flexibility index (Phi) is 8.86. The molecule has 3 heterocycles. The molecule has 3 unspecified atom stereocenters. The van der Waals surface area contributed by atoms with Gasteiger partial charge in [0.05, 0.1) is 30.1 Å². The third-order valence-corrected chi connectivity index (χ3v) is 10.0. The Morgan fingerprint density at radius 1 is 1.07 bits per heavy atom. The quantitative estimate of drug-likeness (QED) is 0.348. The van der Waals surface area contributed by atoms with E-state index >= 15 is 0 Å². The van der Waals surface area contributed by atoms with Gasteiger partial charge in [-0.3, -0.25) is 14.4 Å². The predicted molar refractivity (Wildman–Crippen MR) is 167 cm³/mol. The second-order valence-electron chi connectivity index (χ2n) is 12.5. The fraction of sp³-hybridized carbons (Fsp3) is 0.559. The first-order chi connectivity index (χ1) is 20.6. The number of hydrogen-bond donors (Lipinski definition) is 3. The molecule has 0 saturated carbocycles. The van der Waals surface area contributed by atoms with Crippen LogP contribution in [-0.2, 0) is 25.5 Å². The molecule has 43 heavy (non-hydrogen) atoms. The highest BCUT2D eigenvalue weighted by Crippen LogP contribution is 2.65. The van der Waals surface area contributed by atoms with Crippen molar-refractivity contribution < 1.29 is 24.2 Å². The molecular formula is C34H46N4O5. The molecule has 0 aromatic heterocycles. The van der Waals surface area contributed by atoms with E-state index in [9.17, 15) is 19.5 Å². The Hall–Kier alpha value is -3.43. The minimum absolute atomic E-state index is 0.0563. The van der Waals surface area contributed by atoms with Crippen LogP contribution in [0, 0.1) is 17.8 Å². The predicted octanol–water partition coefficient (Wildman–Crippen LogP) is 3.61. The van der Waals surface area contributed by atoms with Crippen molar-refractivity contribution in [1.82, 2.24) is 10.2 Å². The molecule has 2 aromatic carbocycles. The zero-order valence-electron chi connectivity index (χ0n) is 26.0. The average molecular weight is 591 g/mol. The van der Waals surface area contributed by atoms with Gasteiger partial charge in [-0.2, -0.15) is 0 Å². The van der Waals surface area contributed by atoms with E-state index in [-0.39, 0.29) is 30.2 Å². The molecule has 3 aliphatic rings. The highest BCUT2D eigenvalue weighted by atomic mass is 16.5. The number of aliphatic hydroxyl groups excluding tert-OH is 1. The Morgan fingerprint density at radius 3 is 2.35 bits per heavy atom. The van der Waals surface area contributed by atoms with Crippen LogP contribution in [0.2, 0.25) is 0 Å². The van der Waals surface area contributed by atoms with Crippen LogP contribution in [0.1, 0.15) is 53.0 Å². The molecule has 2 aromatic rings. The average Bonchev–Trinajstić information content (AvgIpc) is 3.53. The van der Waals surface area contributed by atoms with Crippen molar-refractivity contribution in [3.05, 3.63) is 60.2 Å². The Morgan fingerprint density at radius 2 is 1.74 bits per heavy atom. The Bertz CT molecular complexity index is 1320. The van der Waals surface area contributed by atoms with E-state index in [2.05, 4.69) is 29.4 Å². The van der Waals surface area contributed by atoms with Crippen LogP contribution in [0.3, 0.4) is 0 Å². The van der Waals surface area contributed by atoms with Gasteiger partial charge in [0.2, 0.25) is 17.7 Å². The van der Waals surface area contributed by atoms with Gasteiger partial charge in [-0.1, -0.05) is 44.2 Å². The third kappa shape index (κ3) is 5.20. The van der Waals surface area contributed by atoms with Crippen LogP contribution in [0.15, 0.2) is 54.6 Å². The summed E-state index contributed by atoms with van der Waals surface area (Å²) < 4.78 is 6.82. The summed E-state index contributed by atoms with van der Waals surface area (Å²) in [6, 6.07) is 15.6. The second kappa shape index (κ2) is 12.3. The minimum Gasteiger partial charge on any atom is -0.394 e. The first-order valence-corrected chi connectivity index (χ1v) is 15.8. The van der Waals surface area contributed by atoms with Crippen molar-refractivity contribution in [2.24, 2.45) is 17.8 Å². The maximum atomic E-state index is 14.5. The zero-order chi connectivity index (χ0) is 30.9. The molecule has 5 rings (SSSR count). The van der Waals surface area contributed by atoms with E-state index in [4.69, 9.17) is 4.74 Å². The summed E-state index contributed by atoms with van der Waals surface area (Å²) >= 11 is 0. The fourth-order valence-electron chi connectivity index (χ4n) is 7.82. The van der Waals surface area contributed by atoms with Gasteiger partial charge in [-0.25, -0.2) is 0 Å². The van der Waals surface area contributed by atoms with Crippen molar-refractivity contribution in [2.75, 3.05) is 36.5 Å². The number of fused-ring (bicyclic) bond motifs is 1. The van der Waals surface area contributed by atoms with E-state index in [0.717, 1.165) is 30.8 Å². The van der Waals surface area contributed by atoms with Gasteiger partial charge in [-0.15, -0.1) is 0 Å². The molecule has 3 N–H and O–H groups in total. The molecule has 1 spiro atoms. The van der Waals surface area contributed by atoms with Gasteiger partial charge in [0.15, 0.2) is 0 Å². The van der Waals surface area contributed by atoms with E-state index in [1.54, 1.807) is 0 Å². The highest BCUT2D eigenvalue weighted by molar-refractivity contribution is 6.04. The number of nitrogens with zero attached hydrogens (tertiary/aromatic N) is 2. The molecule has 9 nitrogen and oxygen atoms in total. The number of likely N-dealkylation sites (tertiary alicyclic amines) is 1. The highest BCUT2D eigenvalue weighted by Gasteiger charge is 2.80. The van der Waals surface area contributed by atoms with Gasteiger partial charge >= 0.3 is 0 Å². The van der Waals surface area contributed by atoms with Crippen molar-refractivity contribution >= 4 is 29.1 Å². The lowest BCUT2D eigenvalue weighted by atomic mass is 9.62. The lowest BCUT2D eigenvalue weighted by Crippen LogP contribution is -2.57. The Balaban J connectivity index is 1.54. The standard InChI is InChI=1S/C34H46N4O5/c1-6-18-35-30(40)27-28-32(42)38(26(21-39)19-23-12-10-9-11-13-23)29(34(28)20-22(4)33(27,5)43-34)31(41)36-24-14-16-25(17-15-24)37(7-2)8-3/h9-17,22,26-29,39H,6-8,18-21H2,1-5H3,(H,35,40)(H,36,41)/t22?,26-,27-,28+,29?,33+,34?/m1/s1. The topological polar surface area (TPSA) is 111 Å². The summed E-state index contributed by atoms with van der Waals surface area (Å²) in [5.41, 5.74) is 0.540. The number of ether oxygens (including phenoxy) is 1. The van der Waals surface area contributed by atoms with Gasteiger partial charge in [0.25, 0.3) is 0 Å². The van der Waals surface area contributed by atoms with Crippen LogP contribution in [0.4, 0.5) is 11.4 Å². The molecule has 0 radical (unpaired) electrons. The van der Waals surface area contributed by atoms with E-state index in [0.29, 0.717) is 25.1 Å². The molecule has 3 amide bonds. The smallest absolute Gasteiger partial charge is 0.250 e.